The molecule has 0 radical (unpaired) electrons. The molecule has 2 aromatic carbocycles. The van der Waals surface area contributed by atoms with Crippen molar-refractivity contribution >= 4 is 37.8 Å². The standard InChI is InChI=1S/C16H13BrFNO3S/c1-19-23(21,22)13-6-4-12(5-7-13)16(20)9-3-11-2-8-15(18)14(17)10-11/h2-10,19H,1H3/b9-3+. The van der Waals surface area contributed by atoms with Gasteiger partial charge in [0.15, 0.2) is 5.78 Å². The van der Waals surface area contributed by atoms with E-state index in [9.17, 15) is 17.6 Å². The van der Waals surface area contributed by atoms with Gasteiger partial charge in [0.1, 0.15) is 5.82 Å². The van der Waals surface area contributed by atoms with Gasteiger partial charge in [-0.25, -0.2) is 17.5 Å². The quantitative estimate of drug-likeness (QED) is 0.621. The first-order valence-corrected chi connectivity index (χ1v) is 8.82. The number of hydrogen-bond acceptors (Lipinski definition) is 3. The molecule has 0 aliphatic carbocycles. The Morgan fingerprint density at radius 2 is 1.83 bits per heavy atom. The normalized spacial score (nSPS) is 11.8. The van der Waals surface area contributed by atoms with E-state index >= 15 is 0 Å². The zero-order valence-electron chi connectivity index (χ0n) is 12.1. The highest BCUT2D eigenvalue weighted by Gasteiger charge is 2.11. The van der Waals surface area contributed by atoms with Crippen molar-refractivity contribution in [1.29, 1.82) is 0 Å². The number of rotatable bonds is 5. The van der Waals surface area contributed by atoms with Gasteiger partial charge in [-0.3, -0.25) is 4.79 Å². The first kappa shape index (κ1) is 17.5. The van der Waals surface area contributed by atoms with Gasteiger partial charge in [0.2, 0.25) is 10.0 Å². The van der Waals surface area contributed by atoms with Crippen molar-refractivity contribution in [3.63, 3.8) is 0 Å². The summed E-state index contributed by atoms with van der Waals surface area (Å²) in [5.41, 5.74) is 1.03. The molecule has 0 bridgehead atoms. The van der Waals surface area contributed by atoms with Crippen molar-refractivity contribution in [2.45, 2.75) is 4.90 Å². The Labute approximate surface area is 142 Å². The third kappa shape index (κ3) is 4.34. The molecule has 120 valence electrons. The Kier molecular flexibility index (Phi) is 5.46. The molecule has 0 amide bonds. The summed E-state index contributed by atoms with van der Waals surface area (Å²) < 4.78 is 38.9. The second-order valence-electron chi connectivity index (χ2n) is 4.60. The van der Waals surface area contributed by atoms with E-state index in [-0.39, 0.29) is 16.5 Å². The molecule has 0 aromatic heterocycles. The van der Waals surface area contributed by atoms with Gasteiger partial charge in [0.05, 0.1) is 9.37 Å². The maximum atomic E-state index is 13.1. The Morgan fingerprint density at radius 3 is 2.39 bits per heavy atom. The van der Waals surface area contributed by atoms with Crippen molar-refractivity contribution in [3.05, 3.63) is 70.0 Å². The summed E-state index contributed by atoms with van der Waals surface area (Å²) in [5.74, 6) is -0.659. The summed E-state index contributed by atoms with van der Waals surface area (Å²) in [6.07, 6.45) is 2.91. The first-order chi connectivity index (χ1) is 10.8. The predicted octanol–water partition coefficient (Wildman–Crippen LogP) is 3.39. The number of nitrogens with one attached hydrogen (secondary N) is 1. The fourth-order valence-electron chi connectivity index (χ4n) is 1.80. The number of benzene rings is 2. The Bertz CT molecular complexity index is 861. The molecule has 0 fully saturated rings. The predicted molar refractivity (Wildman–Crippen MR) is 90.2 cm³/mol. The van der Waals surface area contributed by atoms with E-state index in [1.165, 1.54) is 43.5 Å². The molecule has 0 heterocycles. The van der Waals surface area contributed by atoms with Crippen LogP contribution in [0.2, 0.25) is 0 Å². The molecule has 0 aliphatic heterocycles. The van der Waals surface area contributed by atoms with Crippen LogP contribution in [0.25, 0.3) is 6.08 Å². The smallest absolute Gasteiger partial charge is 0.240 e. The van der Waals surface area contributed by atoms with Gasteiger partial charge < -0.3 is 0 Å². The summed E-state index contributed by atoms with van der Waals surface area (Å²) in [7, 11) is -2.21. The van der Waals surface area contributed by atoms with E-state index in [0.29, 0.717) is 15.6 Å². The minimum absolute atomic E-state index is 0.0861. The van der Waals surface area contributed by atoms with E-state index in [1.807, 2.05) is 0 Å². The summed E-state index contributed by atoms with van der Waals surface area (Å²) >= 11 is 3.07. The van der Waals surface area contributed by atoms with E-state index < -0.39 is 10.0 Å². The first-order valence-electron chi connectivity index (χ1n) is 6.54. The fraction of sp³-hybridized carbons (Fsp3) is 0.0625. The lowest BCUT2D eigenvalue weighted by Gasteiger charge is -2.03. The molecule has 7 heteroatoms. The van der Waals surface area contributed by atoms with Crippen LogP contribution in [-0.4, -0.2) is 21.2 Å². The molecule has 23 heavy (non-hydrogen) atoms. The van der Waals surface area contributed by atoms with Gasteiger partial charge in [-0.05, 0) is 71.0 Å². The molecule has 4 nitrogen and oxygen atoms in total. The molecular weight excluding hydrogens is 385 g/mol. The van der Waals surface area contributed by atoms with Crippen molar-refractivity contribution in [2.24, 2.45) is 0 Å². The Morgan fingerprint density at radius 1 is 1.17 bits per heavy atom. The van der Waals surface area contributed by atoms with E-state index in [4.69, 9.17) is 0 Å². The summed E-state index contributed by atoms with van der Waals surface area (Å²) in [5, 5.41) is 0. The van der Waals surface area contributed by atoms with Crippen LogP contribution < -0.4 is 4.72 Å². The van der Waals surface area contributed by atoms with Crippen LogP contribution in [0.15, 0.2) is 57.9 Å². The molecule has 0 spiro atoms. The molecule has 2 aromatic rings. The highest BCUT2D eigenvalue weighted by atomic mass is 79.9. The van der Waals surface area contributed by atoms with Gasteiger partial charge in [0, 0.05) is 5.56 Å². The second kappa shape index (κ2) is 7.16. The van der Waals surface area contributed by atoms with E-state index in [0.717, 1.165) is 0 Å². The Balaban J connectivity index is 2.17. The largest absolute Gasteiger partial charge is 0.289 e. The average Bonchev–Trinajstić information content (AvgIpc) is 2.55. The minimum Gasteiger partial charge on any atom is -0.289 e. The number of allylic oxidation sites excluding steroid dienone is 1. The number of halogens is 2. The molecule has 0 atom stereocenters. The maximum absolute atomic E-state index is 13.1. The van der Waals surface area contributed by atoms with Gasteiger partial charge in [0.25, 0.3) is 0 Å². The topological polar surface area (TPSA) is 63.2 Å². The maximum Gasteiger partial charge on any atom is 0.240 e. The highest BCUT2D eigenvalue weighted by Crippen LogP contribution is 2.18. The van der Waals surface area contributed by atoms with E-state index in [2.05, 4.69) is 20.7 Å². The number of hydrogen-bond donors (Lipinski definition) is 1. The fourth-order valence-corrected chi connectivity index (χ4v) is 2.93. The lowest BCUT2D eigenvalue weighted by atomic mass is 10.1. The zero-order chi connectivity index (χ0) is 17.0. The molecule has 0 saturated carbocycles. The van der Waals surface area contributed by atoms with Crippen molar-refractivity contribution in [2.75, 3.05) is 7.05 Å². The van der Waals surface area contributed by atoms with Gasteiger partial charge in [-0.15, -0.1) is 0 Å². The molecule has 2 rings (SSSR count). The molecule has 1 N–H and O–H groups in total. The third-order valence-corrected chi connectivity index (χ3v) is 5.13. The zero-order valence-corrected chi connectivity index (χ0v) is 14.5. The van der Waals surface area contributed by atoms with Gasteiger partial charge >= 0.3 is 0 Å². The molecule has 0 aliphatic rings. The highest BCUT2D eigenvalue weighted by molar-refractivity contribution is 9.10. The van der Waals surface area contributed by atoms with Crippen LogP contribution in [0.5, 0.6) is 0 Å². The van der Waals surface area contributed by atoms with Crippen LogP contribution >= 0.6 is 15.9 Å². The van der Waals surface area contributed by atoms with Crippen LogP contribution in [0.1, 0.15) is 15.9 Å². The second-order valence-corrected chi connectivity index (χ2v) is 7.34. The number of sulfonamides is 1. The number of ketones is 1. The summed E-state index contributed by atoms with van der Waals surface area (Å²) in [6.45, 7) is 0. The van der Waals surface area contributed by atoms with Crippen molar-refractivity contribution in [3.8, 4) is 0 Å². The van der Waals surface area contributed by atoms with Gasteiger partial charge in [-0.2, -0.15) is 0 Å². The Hall–Kier alpha value is -1.83. The lowest BCUT2D eigenvalue weighted by molar-refractivity contribution is 0.104. The van der Waals surface area contributed by atoms with Crippen LogP contribution in [0, 0.1) is 5.82 Å². The van der Waals surface area contributed by atoms with Crippen LogP contribution in [-0.2, 0) is 10.0 Å². The number of carbonyl (C=O) groups is 1. The number of carbonyl (C=O) groups excluding carboxylic acids is 1. The summed E-state index contributed by atoms with van der Waals surface area (Å²) in [4.78, 5) is 12.1. The third-order valence-electron chi connectivity index (χ3n) is 3.09. The van der Waals surface area contributed by atoms with Gasteiger partial charge in [-0.1, -0.05) is 12.1 Å². The lowest BCUT2D eigenvalue weighted by Crippen LogP contribution is -2.18. The average molecular weight is 398 g/mol. The molecule has 0 saturated heterocycles. The molecule has 0 unspecified atom stereocenters. The van der Waals surface area contributed by atoms with Crippen LogP contribution in [0.4, 0.5) is 4.39 Å². The van der Waals surface area contributed by atoms with E-state index in [1.54, 1.807) is 18.2 Å². The minimum atomic E-state index is -3.52. The molecular formula is C16H13BrFNO3S. The SMILES string of the molecule is CNS(=O)(=O)c1ccc(C(=O)/C=C/c2ccc(F)c(Br)c2)cc1. The van der Waals surface area contributed by atoms with Crippen LogP contribution in [0.3, 0.4) is 0 Å². The van der Waals surface area contributed by atoms with Crippen molar-refractivity contribution in [1.82, 2.24) is 4.72 Å². The van der Waals surface area contributed by atoms with Crippen molar-refractivity contribution < 1.29 is 17.6 Å². The summed E-state index contributed by atoms with van der Waals surface area (Å²) in [6, 6.07) is 10.0. The monoisotopic (exact) mass is 397 g/mol.